The van der Waals surface area contributed by atoms with E-state index in [1.165, 1.54) is 14.2 Å². The molecule has 2 N–H and O–H groups in total. The van der Waals surface area contributed by atoms with Gasteiger partial charge < -0.3 is 24.6 Å². The van der Waals surface area contributed by atoms with Crippen molar-refractivity contribution in [1.82, 2.24) is 0 Å². The van der Waals surface area contributed by atoms with Crippen LogP contribution in [0.4, 0.5) is 5.69 Å². The van der Waals surface area contributed by atoms with Crippen LogP contribution in [0.3, 0.4) is 0 Å². The van der Waals surface area contributed by atoms with E-state index in [0.29, 0.717) is 34.8 Å². The van der Waals surface area contributed by atoms with Crippen molar-refractivity contribution in [1.29, 1.82) is 0 Å². The number of nitrogens with one attached hydrogen (secondary N) is 1. The molecule has 0 spiro atoms. The summed E-state index contributed by atoms with van der Waals surface area (Å²) in [5.41, 5.74) is 4.65. The van der Waals surface area contributed by atoms with Crippen LogP contribution in [-0.4, -0.2) is 37.2 Å². The summed E-state index contributed by atoms with van der Waals surface area (Å²) in [5.74, 6) is -3.37. The lowest BCUT2D eigenvalue weighted by molar-refractivity contribution is -0.158. The van der Waals surface area contributed by atoms with Gasteiger partial charge in [-0.3, -0.25) is 14.4 Å². The number of benzene rings is 4. The normalized spacial score (nSPS) is 20.6. The van der Waals surface area contributed by atoms with Crippen molar-refractivity contribution in [3.8, 4) is 28.4 Å². The zero-order chi connectivity index (χ0) is 29.4. The van der Waals surface area contributed by atoms with Gasteiger partial charge in [0.05, 0.1) is 32.5 Å². The fourth-order valence-electron chi connectivity index (χ4n) is 6.32. The third kappa shape index (κ3) is 4.75. The van der Waals surface area contributed by atoms with E-state index in [2.05, 4.69) is 5.32 Å². The number of hydrogen-bond acceptors (Lipinski definition) is 6. The highest BCUT2D eigenvalue weighted by Gasteiger charge is 2.60. The lowest BCUT2D eigenvalue weighted by Gasteiger charge is -2.49. The fourth-order valence-corrected chi connectivity index (χ4v) is 6.32. The van der Waals surface area contributed by atoms with Crippen LogP contribution in [0, 0.1) is 11.8 Å². The number of hydrogen-bond donors (Lipinski definition) is 2. The summed E-state index contributed by atoms with van der Waals surface area (Å²) in [4.78, 5) is 38.5. The van der Waals surface area contributed by atoms with E-state index in [1.54, 1.807) is 66.7 Å². The molecular weight excluding hydrogens is 534 g/mol. The van der Waals surface area contributed by atoms with Gasteiger partial charge in [0, 0.05) is 17.5 Å². The molecule has 0 saturated heterocycles. The molecule has 4 aromatic rings. The summed E-state index contributed by atoms with van der Waals surface area (Å²) >= 11 is 0. The average Bonchev–Trinajstić information content (AvgIpc) is 3.36. The maximum Gasteiger partial charge on any atom is 0.315 e. The number of aliphatic carboxylic acids is 1. The average molecular weight is 564 g/mol. The number of methoxy groups -OCH3 is 2. The Morgan fingerprint density at radius 2 is 1.38 bits per heavy atom. The predicted octanol–water partition coefficient (Wildman–Crippen LogP) is 5.67. The van der Waals surface area contributed by atoms with Crippen molar-refractivity contribution in [2.24, 2.45) is 11.8 Å². The minimum Gasteiger partial charge on any atom is -0.496 e. The summed E-state index contributed by atoms with van der Waals surface area (Å²) in [5, 5.41) is 13.3. The summed E-state index contributed by atoms with van der Waals surface area (Å²) in [6.45, 7) is 0. The molecule has 8 nitrogen and oxygen atoms in total. The van der Waals surface area contributed by atoms with Gasteiger partial charge in [0.15, 0.2) is 0 Å². The highest BCUT2D eigenvalue weighted by atomic mass is 16.5. The number of esters is 1. The highest BCUT2D eigenvalue weighted by Crippen LogP contribution is 2.60. The number of carboxylic acids is 1. The number of anilines is 1. The number of carbonyl (C=O) groups excluding carboxylic acids is 2. The third-order valence-corrected chi connectivity index (χ3v) is 8.22. The molecule has 8 heteroatoms. The molecule has 4 aromatic carbocycles. The molecule has 0 radical (unpaired) electrons. The molecule has 0 bridgehead atoms. The second-order valence-electron chi connectivity index (χ2n) is 10.5. The summed E-state index contributed by atoms with van der Waals surface area (Å²) in [7, 11) is 3.04. The smallest absolute Gasteiger partial charge is 0.315 e. The van der Waals surface area contributed by atoms with Gasteiger partial charge in [-0.1, -0.05) is 60.7 Å². The zero-order valence-corrected chi connectivity index (χ0v) is 23.1. The van der Waals surface area contributed by atoms with E-state index in [0.717, 1.165) is 22.4 Å². The van der Waals surface area contributed by atoms with E-state index in [1.807, 2.05) is 24.3 Å². The van der Waals surface area contributed by atoms with Gasteiger partial charge in [0.1, 0.15) is 17.2 Å². The number of carbonyl (C=O) groups is 3. The minimum absolute atomic E-state index is 0.0424. The SMILES string of the molecule is COc1ccccc1C1C(C(=O)Oc2cccc(-c3ccc4c(c3)NC(=O)C4)c2)[C@@H](c2ccccc2OC)[C@@H]1C(=O)O. The Bertz CT molecular complexity index is 1640. The van der Waals surface area contributed by atoms with Crippen molar-refractivity contribution in [2.75, 3.05) is 19.5 Å². The standard InChI is InChI=1S/C34H29NO7/c1-40-26-12-5-3-10-23(26)29-31(33(37)38)30(24-11-4-6-13-27(24)41-2)32(29)34(39)42-22-9-7-8-19(16-22)20-14-15-21-18-28(36)35-25(21)17-20/h3-17,29-32H,18H2,1-2H3,(H,35,36)(H,37,38)/t29-,30?,31-,32?/m0/s1. The molecular formula is C34H29NO7. The Kier molecular flexibility index (Phi) is 7.12. The van der Waals surface area contributed by atoms with Gasteiger partial charge in [-0.2, -0.15) is 0 Å². The molecule has 42 heavy (non-hydrogen) atoms. The van der Waals surface area contributed by atoms with Crippen LogP contribution in [0.2, 0.25) is 0 Å². The zero-order valence-electron chi connectivity index (χ0n) is 23.1. The first-order valence-electron chi connectivity index (χ1n) is 13.6. The second-order valence-corrected chi connectivity index (χ2v) is 10.5. The van der Waals surface area contributed by atoms with Crippen molar-refractivity contribution < 1.29 is 33.7 Å². The lowest BCUT2D eigenvalue weighted by atomic mass is 9.52. The van der Waals surface area contributed by atoms with E-state index >= 15 is 0 Å². The molecule has 1 amide bonds. The monoisotopic (exact) mass is 563 g/mol. The molecule has 1 aliphatic heterocycles. The summed E-state index contributed by atoms with van der Waals surface area (Å²) < 4.78 is 17.1. The Hall–Kier alpha value is -5.11. The Labute approximate surface area is 242 Å². The third-order valence-electron chi connectivity index (χ3n) is 8.22. The van der Waals surface area contributed by atoms with Gasteiger partial charge in [-0.15, -0.1) is 0 Å². The molecule has 1 fully saturated rings. The lowest BCUT2D eigenvalue weighted by Crippen LogP contribution is -2.52. The first kappa shape index (κ1) is 27.1. The number of para-hydroxylation sites is 2. The van der Waals surface area contributed by atoms with Gasteiger partial charge in [-0.05, 0) is 58.1 Å². The molecule has 0 aromatic heterocycles. The van der Waals surface area contributed by atoms with Crippen LogP contribution in [-0.2, 0) is 20.8 Å². The van der Waals surface area contributed by atoms with Crippen LogP contribution in [0.5, 0.6) is 17.2 Å². The van der Waals surface area contributed by atoms with Crippen LogP contribution in [0.15, 0.2) is 91.0 Å². The molecule has 212 valence electrons. The number of ether oxygens (including phenoxy) is 3. The van der Waals surface area contributed by atoms with E-state index in [-0.39, 0.29) is 5.91 Å². The molecule has 1 heterocycles. The van der Waals surface area contributed by atoms with E-state index in [4.69, 9.17) is 14.2 Å². The predicted molar refractivity (Wildman–Crippen MR) is 156 cm³/mol. The van der Waals surface area contributed by atoms with Crippen molar-refractivity contribution in [3.63, 3.8) is 0 Å². The number of rotatable bonds is 8. The van der Waals surface area contributed by atoms with Gasteiger partial charge in [-0.25, -0.2) is 0 Å². The topological polar surface area (TPSA) is 111 Å². The number of amides is 1. The van der Waals surface area contributed by atoms with Crippen LogP contribution in [0.1, 0.15) is 28.5 Å². The quantitative estimate of drug-likeness (QED) is 0.210. The van der Waals surface area contributed by atoms with Crippen molar-refractivity contribution in [2.45, 2.75) is 18.3 Å². The second kappa shape index (κ2) is 11.0. The Morgan fingerprint density at radius 3 is 2.00 bits per heavy atom. The Balaban J connectivity index is 1.36. The molecule has 4 atom stereocenters. The van der Waals surface area contributed by atoms with Crippen LogP contribution < -0.4 is 19.5 Å². The van der Waals surface area contributed by atoms with Gasteiger partial charge in [0.2, 0.25) is 5.91 Å². The maximum absolute atomic E-state index is 14.0. The molecule has 1 aliphatic carbocycles. The van der Waals surface area contributed by atoms with Crippen LogP contribution in [0.25, 0.3) is 11.1 Å². The summed E-state index contributed by atoms with van der Waals surface area (Å²) in [6.07, 6.45) is 0.354. The maximum atomic E-state index is 14.0. The van der Waals surface area contributed by atoms with Crippen molar-refractivity contribution >= 4 is 23.5 Å². The van der Waals surface area contributed by atoms with Gasteiger partial charge >= 0.3 is 11.9 Å². The summed E-state index contributed by atoms with van der Waals surface area (Å²) in [6, 6.07) is 27.2. The fraction of sp³-hybridized carbons (Fsp3) is 0.206. The van der Waals surface area contributed by atoms with Gasteiger partial charge in [0.25, 0.3) is 0 Å². The van der Waals surface area contributed by atoms with Crippen LogP contribution >= 0.6 is 0 Å². The molecule has 6 rings (SSSR count). The van der Waals surface area contributed by atoms with E-state index in [9.17, 15) is 19.5 Å². The highest BCUT2D eigenvalue weighted by molar-refractivity contribution is 6.00. The Morgan fingerprint density at radius 1 is 0.762 bits per heavy atom. The first-order chi connectivity index (χ1) is 20.4. The molecule has 1 saturated carbocycles. The molecule has 2 unspecified atom stereocenters. The van der Waals surface area contributed by atoms with Crippen molar-refractivity contribution in [3.05, 3.63) is 108 Å². The first-order valence-corrected chi connectivity index (χ1v) is 13.6. The molecule has 2 aliphatic rings. The number of carboxylic acid groups (broad SMARTS) is 1. The number of fused-ring (bicyclic) bond motifs is 1. The van der Waals surface area contributed by atoms with E-state index < -0.39 is 35.6 Å². The largest absolute Gasteiger partial charge is 0.496 e. The minimum atomic E-state index is -1.02.